The van der Waals surface area contributed by atoms with Gasteiger partial charge in [-0.1, -0.05) is 35.7 Å². The summed E-state index contributed by atoms with van der Waals surface area (Å²) in [6.07, 6.45) is 0. The van der Waals surface area contributed by atoms with Gasteiger partial charge in [0.1, 0.15) is 5.75 Å². The van der Waals surface area contributed by atoms with E-state index in [1.54, 1.807) is 11.3 Å². The van der Waals surface area contributed by atoms with Gasteiger partial charge >= 0.3 is 0 Å². The maximum atomic E-state index is 12.1. The molecule has 160 valence electrons. The summed E-state index contributed by atoms with van der Waals surface area (Å²) in [5.41, 5.74) is 6.68. The Balaban J connectivity index is 1.20. The van der Waals surface area contributed by atoms with Crippen LogP contribution in [0.4, 0.5) is 0 Å². The lowest BCUT2D eigenvalue weighted by Crippen LogP contribution is -2.43. The summed E-state index contributed by atoms with van der Waals surface area (Å²) in [5.74, 6) is 0.555. The molecule has 0 aliphatic heterocycles. The number of amides is 2. The Bertz CT molecular complexity index is 1190. The third-order valence-corrected chi connectivity index (χ3v) is 8.26. The van der Waals surface area contributed by atoms with Crippen molar-refractivity contribution in [3.05, 3.63) is 42.5 Å². The van der Waals surface area contributed by atoms with E-state index in [4.69, 9.17) is 4.74 Å². The minimum atomic E-state index is -0.294. The van der Waals surface area contributed by atoms with Gasteiger partial charge in [0.05, 0.1) is 38.5 Å². The first-order valence-electron chi connectivity index (χ1n) is 9.33. The van der Waals surface area contributed by atoms with Crippen LogP contribution in [0.1, 0.15) is 6.92 Å². The van der Waals surface area contributed by atoms with Crippen molar-refractivity contribution in [2.45, 2.75) is 15.6 Å². The molecule has 0 fully saturated rings. The lowest BCUT2D eigenvalue weighted by molar-refractivity contribution is -0.126. The summed E-state index contributed by atoms with van der Waals surface area (Å²) < 4.78 is 9.20. The molecular weight excluding hydrogens is 473 g/mol. The second kappa shape index (κ2) is 10.3. The van der Waals surface area contributed by atoms with Crippen LogP contribution < -0.4 is 15.6 Å². The predicted octanol–water partition coefficient (Wildman–Crippen LogP) is 4.34. The number of rotatable bonds is 8. The van der Waals surface area contributed by atoms with E-state index < -0.39 is 0 Å². The minimum absolute atomic E-state index is 0.156. The molecule has 2 aromatic carbocycles. The zero-order chi connectivity index (χ0) is 21.6. The van der Waals surface area contributed by atoms with Gasteiger partial charge < -0.3 is 4.74 Å². The molecule has 0 radical (unpaired) electrons. The number of carbonyl (C=O) groups is 2. The molecule has 2 aromatic heterocycles. The second-order valence-corrected chi connectivity index (χ2v) is 10.7. The fourth-order valence-electron chi connectivity index (χ4n) is 2.58. The van der Waals surface area contributed by atoms with Crippen LogP contribution in [0.15, 0.2) is 51.1 Å². The molecule has 0 aliphatic rings. The van der Waals surface area contributed by atoms with Crippen molar-refractivity contribution in [2.24, 2.45) is 0 Å². The van der Waals surface area contributed by atoms with Crippen molar-refractivity contribution in [3.8, 4) is 5.75 Å². The Morgan fingerprint density at radius 1 is 0.903 bits per heavy atom. The van der Waals surface area contributed by atoms with E-state index >= 15 is 0 Å². The lowest BCUT2D eigenvalue weighted by atomic mass is 10.3. The van der Waals surface area contributed by atoms with Gasteiger partial charge in [-0.25, -0.2) is 9.97 Å². The summed E-state index contributed by atoms with van der Waals surface area (Å²) in [7, 11) is 0. The van der Waals surface area contributed by atoms with Crippen molar-refractivity contribution >= 4 is 78.4 Å². The number of fused-ring (bicyclic) bond motifs is 2. The molecule has 2 amide bonds. The van der Waals surface area contributed by atoms with Crippen LogP contribution in [0.3, 0.4) is 0 Å². The zero-order valence-corrected chi connectivity index (χ0v) is 19.7. The first-order valence-corrected chi connectivity index (χ1v) is 12.9. The maximum absolute atomic E-state index is 12.1. The van der Waals surface area contributed by atoms with E-state index in [-0.39, 0.29) is 23.3 Å². The number of hydrogen-bond acceptors (Lipinski definition) is 9. The topological polar surface area (TPSA) is 93.2 Å². The van der Waals surface area contributed by atoms with Gasteiger partial charge in [-0.05, 0) is 37.3 Å². The Morgan fingerprint density at radius 2 is 1.52 bits per heavy atom. The Kier molecular flexibility index (Phi) is 7.28. The van der Waals surface area contributed by atoms with Crippen LogP contribution in [0.5, 0.6) is 5.75 Å². The van der Waals surface area contributed by atoms with Gasteiger partial charge in [0, 0.05) is 0 Å². The molecule has 4 aromatic rings. The Labute approximate surface area is 195 Å². The number of aromatic nitrogens is 2. The van der Waals surface area contributed by atoms with Crippen molar-refractivity contribution in [3.63, 3.8) is 0 Å². The molecule has 2 N–H and O–H groups in total. The van der Waals surface area contributed by atoms with Crippen LogP contribution in [0.2, 0.25) is 0 Å². The first-order chi connectivity index (χ1) is 15.1. The van der Waals surface area contributed by atoms with Crippen LogP contribution in [-0.4, -0.2) is 39.9 Å². The molecule has 2 heterocycles. The largest absolute Gasteiger partial charge is 0.494 e. The highest BCUT2D eigenvalue weighted by Gasteiger charge is 2.11. The van der Waals surface area contributed by atoms with E-state index in [0.717, 1.165) is 34.9 Å². The smallest absolute Gasteiger partial charge is 0.248 e. The molecule has 0 aliphatic carbocycles. The van der Waals surface area contributed by atoms with E-state index in [9.17, 15) is 9.59 Å². The average Bonchev–Trinajstić information content (AvgIpc) is 3.38. The van der Waals surface area contributed by atoms with Gasteiger partial charge in [-0.2, -0.15) is 0 Å². The van der Waals surface area contributed by atoms with Gasteiger partial charge in [0.25, 0.3) is 0 Å². The van der Waals surface area contributed by atoms with Gasteiger partial charge in [0.2, 0.25) is 11.8 Å². The number of carbonyl (C=O) groups excluding carboxylic acids is 2. The fourth-order valence-corrected chi connectivity index (χ4v) is 6.35. The average molecular weight is 491 g/mol. The van der Waals surface area contributed by atoms with E-state index in [2.05, 4.69) is 20.8 Å². The third-order valence-electron chi connectivity index (χ3n) is 3.92. The van der Waals surface area contributed by atoms with Crippen molar-refractivity contribution in [1.29, 1.82) is 0 Å². The van der Waals surface area contributed by atoms with Gasteiger partial charge in [0.15, 0.2) is 8.68 Å². The molecule has 0 unspecified atom stereocenters. The maximum Gasteiger partial charge on any atom is 0.248 e. The Morgan fingerprint density at radius 3 is 2.16 bits per heavy atom. The number of hydrogen-bond donors (Lipinski definition) is 2. The Hall–Kier alpha value is -2.34. The van der Waals surface area contributed by atoms with E-state index in [0.29, 0.717) is 6.61 Å². The molecule has 0 atom stereocenters. The molecule has 0 spiro atoms. The third kappa shape index (κ3) is 5.88. The summed E-state index contributed by atoms with van der Waals surface area (Å²) in [6.45, 7) is 2.55. The molecule has 31 heavy (non-hydrogen) atoms. The summed E-state index contributed by atoms with van der Waals surface area (Å²) in [4.78, 5) is 33.1. The quantitative estimate of drug-likeness (QED) is 0.280. The highest BCUT2D eigenvalue weighted by atomic mass is 32.2. The molecule has 7 nitrogen and oxygen atoms in total. The predicted molar refractivity (Wildman–Crippen MR) is 128 cm³/mol. The monoisotopic (exact) mass is 490 g/mol. The van der Waals surface area contributed by atoms with Crippen molar-refractivity contribution in [2.75, 3.05) is 18.1 Å². The standard InChI is InChI=1S/C20H18N4O3S4/c1-2-27-12-7-8-14-16(9-12)31-20(22-14)29-11-18(26)24-23-17(25)10-28-19-21-13-5-3-4-6-15(13)30-19/h3-9H,2,10-11H2,1H3,(H,23,25)(H,24,26). The molecule has 0 saturated carbocycles. The minimum Gasteiger partial charge on any atom is -0.494 e. The van der Waals surface area contributed by atoms with Crippen molar-refractivity contribution in [1.82, 2.24) is 20.8 Å². The summed E-state index contributed by atoms with van der Waals surface area (Å²) in [6, 6.07) is 13.6. The summed E-state index contributed by atoms with van der Waals surface area (Å²) in [5, 5.41) is 0. The van der Waals surface area contributed by atoms with Crippen molar-refractivity contribution < 1.29 is 14.3 Å². The van der Waals surface area contributed by atoms with E-state index in [1.807, 2.05) is 49.4 Å². The summed E-state index contributed by atoms with van der Waals surface area (Å²) >= 11 is 5.72. The normalized spacial score (nSPS) is 11.0. The second-order valence-electron chi connectivity index (χ2n) is 6.16. The van der Waals surface area contributed by atoms with Crippen LogP contribution >= 0.6 is 46.2 Å². The number of ether oxygens (including phenoxy) is 1. The molecular formula is C20H18N4O3S4. The number of nitrogens with one attached hydrogen (secondary N) is 2. The van der Waals surface area contributed by atoms with Gasteiger partial charge in [-0.3, -0.25) is 20.4 Å². The number of thiazole rings is 2. The number of thioether (sulfide) groups is 2. The highest BCUT2D eigenvalue weighted by molar-refractivity contribution is 8.02. The van der Waals surface area contributed by atoms with Crippen LogP contribution in [0, 0.1) is 0 Å². The molecule has 4 rings (SSSR count). The SMILES string of the molecule is CCOc1ccc2nc(SCC(=O)NNC(=O)CSc3nc4ccccc4s3)sc2c1. The molecule has 11 heteroatoms. The number of nitrogens with zero attached hydrogens (tertiary/aromatic N) is 2. The highest BCUT2D eigenvalue weighted by Crippen LogP contribution is 2.32. The van der Waals surface area contributed by atoms with Crippen LogP contribution in [-0.2, 0) is 9.59 Å². The molecule has 0 bridgehead atoms. The first kappa shape index (κ1) is 21.9. The van der Waals surface area contributed by atoms with E-state index in [1.165, 1.54) is 34.9 Å². The number of para-hydroxylation sites is 1. The number of hydrazine groups is 1. The van der Waals surface area contributed by atoms with Crippen LogP contribution in [0.25, 0.3) is 20.4 Å². The lowest BCUT2D eigenvalue weighted by Gasteiger charge is -2.05. The zero-order valence-electron chi connectivity index (χ0n) is 16.4. The van der Waals surface area contributed by atoms with Gasteiger partial charge in [-0.15, -0.1) is 22.7 Å². The molecule has 0 saturated heterocycles. The fraction of sp³-hybridized carbons (Fsp3) is 0.200. The number of benzene rings is 2.